The Labute approximate surface area is 218 Å². The van der Waals surface area contributed by atoms with E-state index >= 15 is 0 Å². The quantitative estimate of drug-likeness (QED) is 0.141. The van der Waals surface area contributed by atoms with Crippen molar-refractivity contribution < 1.29 is 8.99 Å². The first-order valence-corrected chi connectivity index (χ1v) is 13.7. The molecule has 1 aromatic heterocycles. The van der Waals surface area contributed by atoms with Crippen molar-refractivity contribution in [2.24, 2.45) is 11.8 Å². The van der Waals surface area contributed by atoms with E-state index in [-0.39, 0.29) is 0 Å². The lowest BCUT2D eigenvalue weighted by Gasteiger charge is -2.30. The number of para-hydroxylation sites is 1. The maximum atomic E-state index is 6.56. The third-order valence-electron chi connectivity index (χ3n) is 8.32. The summed E-state index contributed by atoms with van der Waals surface area (Å²) in [6.45, 7) is 9.21. The molecule has 0 bridgehead atoms. The molecule has 0 N–H and O–H groups in total. The van der Waals surface area contributed by atoms with Crippen LogP contribution in [-0.4, -0.2) is 11.3 Å². The highest BCUT2D eigenvalue weighted by Crippen LogP contribution is 2.49. The highest BCUT2D eigenvalue weighted by atomic mass is 16.3. The van der Waals surface area contributed by atoms with Gasteiger partial charge in [-0.1, -0.05) is 93.1 Å². The maximum Gasteiger partial charge on any atom is 0.278 e. The predicted octanol–water partition coefficient (Wildman–Crippen LogP) is 9.45. The lowest BCUT2D eigenvalue weighted by molar-refractivity contribution is -0.400. The molecule has 7 rings (SSSR count). The molecule has 0 saturated heterocycles. The van der Waals surface area contributed by atoms with E-state index < -0.39 is 0 Å². The van der Waals surface area contributed by atoms with Crippen LogP contribution in [0.2, 0.25) is 0 Å². The van der Waals surface area contributed by atoms with Crippen LogP contribution in [0, 0.1) is 17.9 Å². The fourth-order valence-electron chi connectivity index (χ4n) is 6.66. The second-order valence-electron chi connectivity index (χ2n) is 11.3. The topological polar surface area (TPSA) is 14.3 Å². The van der Waals surface area contributed by atoms with E-state index in [4.69, 9.17) is 4.42 Å². The van der Waals surface area contributed by atoms with Gasteiger partial charge in [0, 0.05) is 5.56 Å². The Morgan fingerprint density at radius 2 is 1.78 bits per heavy atom. The van der Waals surface area contributed by atoms with Crippen molar-refractivity contribution in [3.8, 4) is 0 Å². The van der Waals surface area contributed by atoms with Crippen LogP contribution in [0.4, 0.5) is 5.69 Å². The van der Waals surface area contributed by atoms with Gasteiger partial charge in [0.15, 0.2) is 11.7 Å². The van der Waals surface area contributed by atoms with Crippen molar-refractivity contribution in [2.75, 3.05) is 0 Å². The molecule has 37 heavy (non-hydrogen) atoms. The molecule has 184 valence electrons. The number of allylic oxidation sites excluding steroid dienone is 1. The molecule has 1 aliphatic heterocycles. The van der Waals surface area contributed by atoms with Crippen molar-refractivity contribution in [2.45, 2.75) is 46.0 Å². The number of hydrogen-bond acceptors (Lipinski definition) is 0. The number of rotatable bonds is 4. The zero-order chi connectivity index (χ0) is 25.1. The first-order chi connectivity index (χ1) is 18.1. The summed E-state index contributed by atoms with van der Waals surface area (Å²) < 4.78 is 8.71. The molecule has 1 saturated carbocycles. The van der Waals surface area contributed by atoms with E-state index in [0.29, 0.717) is 11.8 Å². The second-order valence-corrected chi connectivity index (χ2v) is 11.3. The van der Waals surface area contributed by atoms with Crippen molar-refractivity contribution >= 4 is 50.7 Å². The standard InChI is InChI=1S/C35H33NO/c1-22(2)18-23-19-29-27-14-8-9-15-33(27)37-35(29)30(20-23)32-21-28(24-10-4-5-11-24)34-26-13-7-6-12-25(26)16-17-31(34)36(32)3/h6-9,12-17,19-22,24H,3-5,10-11,18H2,1-2H3. The summed E-state index contributed by atoms with van der Waals surface area (Å²) in [5.74, 6) is 1.16. The number of nitrogens with zero attached hydrogens (tertiary/aromatic N) is 1. The van der Waals surface area contributed by atoms with E-state index in [2.05, 4.69) is 104 Å². The molecule has 2 aliphatic rings. The lowest BCUT2D eigenvalue weighted by Crippen LogP contribution is -2.20. The molecule has 0 spiro atoms. The first kappa shape index (κ1) is 22.4. The summed E-state index contributed by atoms with van der Waals surface area (Å²) in [4.78, 5) is 0. The summed E-state index contributed by atoms with van der Waals surface area (Å²) in [5.41, 5.74) is 8.43. The van der Waals surface area contributed by atoms with Crippen molar-refractivity contribution in [3.05, 3.63) is 102 Å². The van der Waals surface area contributed by atoms with Gasteiger partial charge in [-0.05, 0) is 58.0 Å². The fourth-order valence-corrected chi connectivity index (χ4v) is 6.66. The van der Waals surface area contributed by atoms with Gasteiger partial charge in [0.1, 0.15) is 0 Å². The number of furan rings is 1. The van der Waals surface area contributed by atoms with Crippen LogP contribution in [-0.2, 0) is 6.42 Å². The van der Waals surface area contributed by atoms with Gasteiger partial charge in [-0.2, -0.15) is 0 Å². The summed E-state index contributed by atoms with van der Waals surface area (Å²) in [7, 11) is 0. The second kappa shape index (κ2) is 8.66. The van der Waals surface area contributed by atoms with Gasteiger partial charge in [-0.25, -0.2) is 4.58 Å². The SMILES string of the molecule is C=[N+]1c2ccc3ccccc3c2C(C2CCCC2)=C[C-]1c1cc(CC(C)C)cc2c1[o+][c-]1ccccc21. The Kier molecular flexibility index (Phi) is 5.25. The van der Waals surface area contributed by atoms with E-state index in [0.717, 1.165) is 29.2 Å². The molecule has 5 aromatic rings. The molecule has 4 aromatic carbocycles. The Morgan fingerprint density at radius 1 is 0.973 bits per heavy atom. The molecule has 1 fully saturated rings. The molecule has 2 heteroatoms. The van der Waals surface area contributed by atoms with Crippen LogP contribution in [0.3, 0.4) is 0 Å². The van der Waals surface area contributed by atoms with Gasteiger partial charge in [0.2, 0.25) is 0 Å². The molecular weight excluding hydrogens is 450 g/mol. The first-order valence-electron chi connectivity index (χ1n) is 13.7. The number of hydrogen-bond donors (Lipinski definition) is 0. The number of benzene rings is 4. The summed E-state index contributed by atoms with van der Waals surface area (Å²) in [6, 6.07) is 27.6. The Morgan fingerprint density at radius 3 is 2.62 bits per heavy atom. The van der Waals surface area contributed by atoms with Gasteiger partial charge in [-0.15, -0.1) is 18.2 Å². The third kappa shape index (κ3) is 3.62. The average Bonchev–Trinajstić information content (AvgIpc) is 3.57. The molecule has 0 unspecified atom stereocenters. The highest BCUT2D eigenvalue weighted by molar-refractivity contribution is 6.07. The third-order valence-corrected chi connectivity index (χ3v) is 8.32. The van der Waals surface area contributed by atoms with Crippen LogP contribution in [0.25, 0.3) is 38.3 Å². The lowest BCUT2D eigenvalue weighted by atomic mass is 9.81. The monoisotopic (exact) mass is 483 g/mol. The van der Waals surface area contributed by atoms with Crippen LogP contribution >= 0.6 is 0 Å². The van der Waals surface area contributed by atoms with Gasteiger partial charge < -0.3 is 0 Å². The minimum Gasteiger partial charge on any atom is -0.286 e. The highest BCUT2D eigenvalue weighted by Gasteiger charge is 2.34. The van der Waals surface area contributed by atoms with Gasteiger partial charge in [0.25, 0.3) is 11.2 Å². The minimum atomic E-state index is 0.576. The summed E-state index contributed by atoms with van der Waals surface area (Å²) >= 11 is 0. The largest absolute Gasteiger partial charge is 0.286 e. The molecule has 1 aliphatic carbocycles. The van der Waals surface area contributed by atoms with E-state index in [1.54, 1.807) is 0 Å². The number of fused-ring (bicyclic) bond motifs is 6. The minimum absolute atomic E-state index is 0.576. The van der Waals surface area contributed by atoms with Gasteiger partial charge >= 0.3 is 0 Å². The molecular formula is C35H33NO. The molecule has 0 radical (unpaired) electrons. The Hall–Kier alpha value is -3.78. The molecule has 0 atom stereocenters. The summed E-state index contributed by atoms with van der Waals surface area (Å²) in [6.07, 6.45) is 8.61. The van der Waals surface area contributed by atoms with Crippen LogP contribution in [0.5, 0.6) is 0 Å². The van der Waals surface area contributed by atoms with Gasteiger partial charge in [-0.3, -0.25) is 4.42 Å². The van der Waals surface area contributed by atoms with Crippen molar-refractivity contribution in [1.82, 2.24) is 0 Å². The Bertz CT molecular complexity index is 1710. The molecule has 0 amide bonds. The van der Waals surface area contributed by atoms with Crippen molar-refractivity contribution in [1.29, 1.82) is 0 Å². The van der Waals surface area contributed by atoms with E-state index in [9.17, 15) is 0 Å². The van der Waals surface area contributed by atoms with Crippen molar-refractivity contribution in [3.63, 3.8) is 0 Å². The zero-order valence-corrected chi connectivity index (χ0v) is 21.8. The van der Waals surface area contributed by atoms with Gasteiger partial charge in [0.05, 0.1) is 12.3 Å². The predicted molar refractivity (Wildman–Crippen MR) is 156 cm³/mol. The smallest absolute Gasteiger partial charge is 0.278 e. The van der Waals surface area contributed by atoms with E-state index in [1.807, 2.05) is 0 Å². The van der Waals surface area contributed by atoms with Crippen LogP contribution in [0.1, 0.15) is 56.2 Å². The van der Waals surface area contributed by atoms with Crippen LogP contribution in [0.15, 0.2) is 83.3 Å². The zero-order valence-electron chi connectivity index (χ0n) is 21.8. The molecule has 2 heterocycles. The fraction of sp³-hybridized carbons (Fsp3) is 0.257. The Balaban J connectivity index is 1.50. The molecule has 2 nitrogen and oxygen atoms in total. The van der Waals surface area contributed by atoms with E-state index in [1.165, 1.54) is 69.6 Å². The van der Waals surface area contributed by atoms with Crippen LogP contribution < -0.4 is 0 Å². The average molecular weight is 484 g/mol. The maximum absolute atomic E-state index is 6.56. The normalized spacial score (nSPS) is 16.4. The summed E-state index contributed by atoms with van der Waals surface area (Å²) in [5, 5.41) is 5.00.